The van der Waals surface area contributed by atoms with Gasteiger partial charge in [-0.15, -0.1) is 0 Å². The molecular weight excluding hydrogens is 389 g/mol. The Labute approximate surface area is 165 Å². The normalized spacial score (nSPS) is 12.4. The van der Waals surface area contributed by atoms with E-state index in [0.717, 1.165) is 6.33 Å². The minimum Gasteiger partial charge on any atom is -0.484 e. The van der Waals surface area contributed by atoms with Crippen LogP contribution in [0.3, 0.4) is 0 Å². The third-order valence-electron chi connectivity index (χ3n) is 3.78. The molecule has 2 rings (SSSR count). The molecule has 1 aromatic carbocycles. The van der Waals surface area contributed by atoms with Crippen LogP contribution in [0.5, 0.6) is 5.75 Å². The van der Waals surface area contributed by atoms with Gasteiger partial charge in [0.2, 0.25) is 5.91 Å². The predicted molar refractivity (Wildman–Crippen MR) is 99.4 cm³/mol. The minimum atomic E-state index is -4.44. The molecule has 1 heterocycles. The number of hydrogen-bond acceptors (Lipinski definition) is 5. The molecule has 1 atom stereocenters. The summed E-state index contributed by atoms with van der Waals surface area (Å²) in [4.78, 5) is 32.0. The van der Waals surface area contributed by atoms with Crippen molar-refractivity contribution in [3.8, 4) is 5.75 Å². The van der Waals surface area contributed by atoms with E-state index in [0.29, 0.717) is 5.56 Å². The van der Waals surface area contributed by atoms with Crippen LogP contribution in [0.1, 0.15) is 42.9 Å². The number of hydrogen-bond donors (Lipinski definition) is 2. The number of carbonyl (C=O) groups is 2. The van der Waals surface area contributed by atoms with Crippen LogP contribution in [0, 0.1) is 5.92 Å². The van der Waals surface area contributed by atoms with Gasteiger partial charge in [-0.3, -0.25) is 9.59 Å². The van der Waals surface area contributed by atoms with Gasteiger partial charge in [0.25, 0.3) is 5.91 Å². The van der Waals surface area contributed by atoms with Crippen LogP contribution in [0.25, 0.3) is 0 Å². The smallest absolute Gasteiger partial charge is 0.422 e. The van der Waals surface area contributed by atoms with Gasteiger partial charge in [-0.05, 0) is 24.6 Å². The number of aromatic nitrogens is 2. The highest BCUT2D eigenvalue weighted by molar-refractivity contribution is 5.95. The number of amides is 2. The van der Waals surface area contributed by atoms with Crippen molar-refractivity contribution in [3.05, 3.63) is 47.9 Å². The van der Waals surface area contributed by atoms with Crippen LogP contribution < -0.4 is 15.4 Å². The first-order valence-corrected chi connectivity index (χ1v) is 8.78. The molecule has 1 unspecified atom stereocenters. The number of alkyl halides is 3. The van der Waals surface area contributed by atoms with Crippen LogP contribution in [0.4, 0.5) is 19.0 Å². The molecule has 0 radical (unpaired) electrons. The Kier molecular flexibility index (Phi) is 7.13. The van der Waals surface area contributed by atoms with Crippen molar-refractivity contribution in [1.82, 2.24) is 15.3 Å². The largest absolute Gasteiger partial charge is 0.484 e. The molecule has 2 N–H and O–H groups in total. The first kappa shape index (κ1) is 22.1. The molecule has 0 fully saturated rings. The highest BCUT2D eigenvalue weighted by Crippen LogP contribution is 2.22. The van der Waals surface area contributed by atoms with Crippen molar-refractivity contribution in [2.45, 2.75) is 33.0 Å². The van der Waals surface area contributed by atoms with Gasteiger partial charge in [0.05, 0.1) is 6.04 Å². The van der Waals surface area contributed by atoms with E-state index in [9.17, 15) is 22.8 Å². The van der Waals surface area contributed by atoms with Gasteiger partial charge in [0.1, 0.15) is 23.6 Å². The third-order valence-corrected chi connectivity index (χ3v) is 3.78. The van der Waals surface area contributed by atoms with Crippen molar-refractivity contribution in [1.29, 1.82) is 0 Å². The summed E-state index contributed by atoms with van der Waals surface area (Å²) in [5.41, 5.74) is 0.593. The fraction of sp³-hybridized carbons (Fsp3) is 0.368. The van der Waals surface area contributed by atoms with Crippen LogP contribution in [-0.4, -0.2) is 34.6 Å². The molecule has 2 aromatic rings. The number of benzene rings is 1. The Morgan fingerprint density at radius 3 is 2.52 bits per heavy atom. The zero-order valence-corrected chi connectivity index (χ0v) is 16.1. The molecule has 156 valence electrons. The van der Waals surface area contributed by atoms with Gasteiger partial charge in [-0.1, -0.05) is 26.0 Å². The van der Waals surface area contributed by atoms with E-state index < -0.39 is 24.7 Å². The number of halogens is 3. The lowest BCUT2D eigenvalue weighted by molar-refractivity contribution is -0.153. The van der Waals surface area contributed by atoms with Gasteiger partial charge in [-0.2, -0.15) is 13.2 Å². The lowest BCUT2D eigenvalue weighted by atomic mass is 10.1. The predicted octanol–water partition coefficient (Wildman–Crippen LogP) is 3.50. The second-order valence-electron chi connectivity index (χ2n) is 6.60. The third kappa shape index (κ3) is 7.05. The van der Waals surface area contributed by atoms with Crippen LogP contribution in [-0.2, 0) is 4.79 Å². The molecule has 0 spiro atoms. The quantitative estimate of drug-likeness (QED) is 0.729. The molecule has 0 saturated heterocycles. The summed E-state index contributed by atoms with van der Waals surface area (Å²) >= 11 is 0. The molecule has 0 aliphatic carbocycles. The Morgan fingerprint density at radius 1 is 1.14 bits per heavy atom. The first-order chi connectivity index (χ1) is 13.5. The van der Waals surface area contributed by atoms with Crippen LogP contribution in [0.2, 0.25) is 0 Å². The summed E-state index contributed by atoms with van der Waals surface area (Å²) in [6.45, 7) is 3.71. The van der Waals surface area contributed by atoms with Gasteiger partial charge < -0.3 is 15.4 Å². The number of ether oxygens (including phenoxy) is 1. The molecule has 0 aliphatic heterocycles. The van der Waals surface area contributed by atoms with Crippen LogP contribution >= 0.6 is 0 Å². The van der Waals surface area contributed by atoms with Crippen molar-refractivity contribution in [2.24, 2.45) is 5.92 Å². The molecule has 0 bridgehead atoms. The molecule has 1 aromatic heterocycles. The average Bonchev–Trinajstić information content (AvgIpc) is 2.66. The topological polar surface area (TPSA) is 93.2 Å². The number of carbonyl (C=O) groups excluding carboxylic acids is 2. The fourth-order valence-electron chi connectivity index (χ4n) is 2.21. The van der Waals surface area contributed by atoms with Crippen molar-refractivity contribution in [3.63, 3.8) is 0 Å². The zero-order valence-electron chi connectivity index (χ0n) is 16.1. The average molecular weight is 410 g/mol. The SMILES string of the molecule is CC(C)C(=O)Nc1cc(C(=O)NC(C)c2cccc(OCC(F)(F)F)c2)ncn1. The number of nitrogens with zero attached hydrogens (tertiary/aromatic N) is 2. The fourth-order valence-corrected chi connectivity index (χ4v) is 2.21. The molecule has 7 nitrogen and oxygen atoms in total. The van der Waals surface area contributed by atoms with Gasteiger partial charge in [0, 0.05) is 12.0 Å². The maximum Gasteiger partial charge on any atom is 0.422 e. The van der Waals surface area contributed by atoms with Gasteiger partial charge in [-0.25, -0.2) is 9.97 Å². The van der Waals surface area contributed by atoms with Gasteiger partial charge >= 0.3 is 6.18 Å². The van der Waals surface area contributed by atoms with Gasteiger partial charge in [0.15, 0.2) is 6.61 Å². The molecule has 2 amide bonds. The van der Waals surface area contributed by atoms with E-state index in [1.165, 1.54) is 24.3 Å². The van der Waals surface area contributed by atoms with E-state index in [-0.39, 0.29) is 29.1 Å². The summed E-state index contributed by atoms with van der Waals surface area (Å²) in [5, 5.41) is 5.27. The molecule has 0 aliphatic rings. The Hall–Kier alpha value is -3.17. The highest BCUT2D eigenvalue weighted by Gasteiger charge is 2.28. The van der Waals surface area contributed by atoms with E-state index in [2.05, 4.69) is 20.6 Å². The highest BCUT2D eigenvalue weighted by atomic mass is 19.4. The standard InChI is InChI=1S/C19H21F3N4O3/c1-11(2)17(27)26-16-8-15(23-10-24-16)18(28)25-12(3)13-5-4-6-14(7-13)29-9-19(20,21)22/h4-8,10-12H,9H2,1-3H3,(H,25,28)(H,23,24,26,27). The lowest BCUT2D eigenvalue weighted by Crippen LogP contribution is -2.28. The summed E-state index contributed by atoms with van der Waals surface area (Å²) in [5.74, 6) is -0.796. The maximum atomic E-state index is 12.4. The van der Waals surface area contributed by atoms with Crippen molar-refractivity contribution < 1.29 is 27.5 Å². The molecule has 0 saturated carbocycles. The number of anilines is 1. The number of nitrogens with one attached hydrogen (secondary N) is 2. The summed E-state index contributed by atoms with van der Waals surface area (Å²) in [6.07, 6.45) is -3.29. The molecule has 10 heteroatoms. The monoisotopic (exact) mass is 410 g/mol. The van der Waals surface area contributed by atoms with E-state index >= 15 is 0 Å². The summed E-state index contributed by atoms with van der Waals surface area (Å²) in [6, 6.07) is 6.82. The molecular formula is C19H21F3N4O3. The molecule has 29 heavy (non-hydrogen) atoms. The van der Waals surface area contributed by atoms with Crippen LogP contribution in [0.15, 0.2) is 36.7 Å². The second-order valence-corrected chi connectivity index (χ2v) is 6.60. The van der Waals surface area contributed by atoms with E-state index in [1.807, 2.05) is 0 Å². The Bertz CT molecular complexity index is 872. The Balaban J connectivity index is 2.04. The Morgan fingerprint density at radius 2 is 1.86 bits per heavy atom. The zero-order chi connectivity index (χ0) is 21.6. The minimum absolute atomic E-state index is 0.0374. The summed E-state index contributed by atoms with van der Waals surface area (Å²) < 4.78 is 41.6. The summed E-state index contributed by atoms with van der Waals surface area (Å²) in [7, 11) is 0. The van der Waals surface area contributed by atoms with E-state index in [1.54, 1.807) is 26.8 Å². The van der Waals surface area contributed by atoms with E-state index in [4.69, 9.17) is 4.74 Å². The second kappa shape index (κ2) is 9.35. The number of rotatable bonds is 7. The lowest BCUT2D eigenvalue weighted by Gasteiger charge is -2.16. The maximum absolute atomic E-state index is 12.4. The van der Waals surface area contributed by atoms with Crippen molar-refractivity contribution in [2.75, 3.05) is 11.9 Å². The first-order valence-electron chi connectivity index (χ1n) is 8.78. The van der Waals surface area contributed by atoms with Crippen molar-refractivity contribution >= 4 is 17.6 Å².